The molecule has 7 aliphatic heterocycles. The number of nitrogens with one attached hydrogen (secondary N) is 1. The number of aliphatic imine (C=N–C) groups is 1. The molecule has 2 aromatic carbocycles. The molecule has 5 fully saturated rings. The summed E-state index contributed by atoms with van der Waals surface area (Å²) in [5.74, 6) is 0.0312. The zero-order valence-corrected chi connectivity index (χ0v) is 34.7. The van der Waals surface area contributed by atoms with Crippen molar-refractivity contribution in [3.8, 4) is 5.00 Å². The standard InChI is InChI=1S/C43H44ClN9O5S/c1-22-23(2)59-43-37(22)38(26-4-6-27(44)7-5-26)45-33(39-48-47-24(3)52(39)43)18-36(55)49-14-12-25(13-15-49)19-51-29-16-30(51)21-50(20-29)28-8-9-31-32(17-28)42(58)53(41(31)57)34-10-11-35(54)46-40(34)56/h4-9,17,25,29-30,33-34H,10-16,18-21H2,1-3H3,(H,46,54,56)/t29?,30?,33-,34?/m0/s1. The van der Waals surface area contributed by atoms with Crippen molar-refractivity contribution in [3.05, 3.63) is 91.8 Å². The monoisotopic (exact) mass is 833 g/mol. The molecule has 59 heavy (non-hydrogen) atoms. The van der Waals surface area contributed by atoms with E-state index in [9.17, 15) is 24.0 Å². The lowest BCUT2D eigenvalue weighted by molar-refractivity contribution is -0.136. The van der Waals surface area contributed by atoms with E-state index in [2.05, 4.69) is 43.7 Å². The van der Waals surface area contributed by atoms with Crippen LogP contribution in [0.3, 0.4) is 0 Å². The summed E-state index contributed by atoms with van der Waals surface area (Å²) in [4.78, 5) is 79.3. The van der Waals surface area contributed by atoms with E-state index in [1.54, 1.807) is 23.5 Å². The number of piperazine rings is 1. The van der Waals surface area contributed by atoms with Gasteiger partial charge in [0.1, 0.15) is 22.9 Å². The summed E-state index contributed by atoms with van der Waals surface area (Å²) in [6.45, 7) is 10.2. The summed E-state index contributed by atoms with van der Waals surface area (Å²) in [6, 6.07) is 12.4. The SMILES string of the molecule is Cc1sc2c(c1C)C(c1ccc(Cl)cc1)=N[C@@H](CC(=O)N1CCC(CN3C4CC3CN(c3ccc5c(c3)C(=O)N(C3CCC(=O)NC3=O)C5=O)C4)CC1)c1nnc(C)n1-2. The van der Waals surface area contributed by atoms with Crippen LogP contribution in [0, 0.1) is 26.7 Å². The van der Waals surface area contributed by atoms with Gasteiger partial charge in [-0.25, -0.2) is 0 Å². The van der Waals surface area contributed by atoms with Crippen LogP contribution in [-0.4, -0.2) is 116 Å². The van der Waals surface area contributed by atoms with Crippen molar-refractivity contribution in [3.63, 3.8) is 0 Å². The highest BCUT2D eigenvalue weighted by molar-refractivity contribution is 7.15. The maximum absolute atomic E-state index is 14.1. The molecular weight excluding hydrogens is 790 g/mol. The molecule has 0 aliphatic carbocycles. The number of carbonyl (C=O) groups excluding carboxylic acids is 5. The molecule has 3 unspecified atom stereocenters. The Morgan fingerprint density at radius 2 is 1.64 bits per heavy atom. The van der Waals surface area contributed by atoms with Gasteiger partial charge in [0.2, 0.25) is 17.7 Å². The lowest BCUT2D eigenvalue weighted by Crippen LogP contribution is -2.69. The molecule has 9 heterocycles. The fourth-order valence-electron chi connectivity index (χ4n) is 9.94. The molecule has 5 saturated heterocycles. The quantitative estimate of drug-likeness (QED) is 0.259. The number of aromatic nitrogens is 3. The summed E-state index contributed by atoms with van der Waals surface area (Å²) in [5.41, 5.74) is 5.48. The molecule has 0 radical (unpaired) electrons. The van der Waals surface area contributed by atoms with Crippen molar-refractivity contribution in [2.24, 2.45) is 10.9 Å². The molecule has 304 valence electrons. The van der Waals surface area contributed by atoms with E-state index in [0.29, 0.717) is 53.1 Å². The third kappa shape index (κ3) is 6.40. The Bertz CT molecular complexity index is 2480. The number of aryl methyl sites for hydroxylation is 2. The Morgan fingerprint density at radius 1 is 0.915 bits per heavy atom. The van der Waals surface area contributed by atoms with Crippen molar-refractivity contribution < 1.29 is 24.0 Å². The van der Waals surface area contributed by atoms with Crippen molar-refractivity contribution in [1.82, 2.24) is 34.8 Å². The van der Waals surface area contributed by atoms with Crippen LogP contribution in [0.4, 0.5) is 5.69 Å². The number of nitrogens with zero attached hydrogens (tertiary/aromatic N) is 8. The second-order valence-corrected chi connectivity index (χ2v) is 18.4. The van der Waals surface area contributed by atoms with E-state index in [4.69, 9.17) is 16.6 Å². The second kappa shape index (κ2) is 14.5. The first-order chi connectivity index (χ1) is 28.4. The molecule has 0 spiro atoms. The van der Waals surface area contributed by atoms with Crippen LogP contribution in [0.5, 0.6) is 0 Å². The highest BCUT2D eigenvalue weighted by Crippen LogP contribution is 2.41. The van der Waals surface area contributed by atoms with Gasteiger partial charge in [-0.3, -0.25) is 48.6 Å². The fraction of sp³-hybridized carbons (Fsp3) is 0.442. The molecule has 5 amide bonds. The van der Waals surface area contributed by atoms with Gasteiger partial charge in [-0.2, -0.15) is 0 Å². The minimum Gasteiger partial charge on any atom is -0.368 e. The van der Waals surface area contributed by atoms with Gasteiger partial charge >= 0.3 is 0 Å². The summed E-state index contributed by atoms with van der Waals surface area (Å²) in [6.07, 6.45) is 3.42. The molecule has 0 saturated carbocycles. The molecule has 16 heteroatoms. The molecular formula is C43H44ClN9O5S. The van der Waals surface area contributed by atoms with Crippen LogP contribution in [0.1, 0.15) is 98.5 Å². The topological polar surface area (TPSA) is 153 Å². The molecule has 4 atom stereocenters. The molecule has 14 nitrogen and oxygen atoms in total. The van der Waals surface area contributed by atoms with E-state index in [1.165, 1.54) is 4.88 Å². The van der Waals surface area contributed by atoms with Gasteiger partial charge in [0.25, 0.3) is 11.8 Å². The van der Waals surface area contributed by atoms with E-state index >= 15 is 0 Å². The number of hydrogen-bond acceptors (Lipinski definition) is 11. The average Bonchev–Trinajstić information content (AvgIpc) is 3.81. The third-order valence-electron chi connectivity index (χ3n) is 13.3. The van der Waals surface area contributed by atoms with E-state index < -0.39 is 35.7 Å². The predicted octanol–water partition coefficient (Wildman–Crippen LogP) is 4.79. The Morgan fingerprint density at radius 3 is 2.37 bits per heavy atom. The first kappa shape index (κ1) is 38.0. The molecule has 2 aromatic heterocycles. The minimum atomic E-state index is -0.981. The zero-order chi connectivity index (χ0) is 40.9. The van der Waals surface area contributed by atoms with Crippen LogP contribution in [0.2, 0.25) is 5.02 Å². The smallest absolute Gasteiger partial charge is 0.262 e. The Hall–Kier alpha value is -5.25. The largest absolute Gasteiger partial charge is 0.368 e. The van der Waals surface area contributed by atoms with Crippen molar-refractivity contribution in [1.29, 1.82) is 0 Å². The first-order valence-electron chi connectivity index (χ1n) is 20.4. The number of thiophene rings is 1. The predicted molar refractivity (Wildman–Crippen MR) is 221 cm³/mol. The number of benzene rings is 2. The fourth-order valence-corrected chi connectivity index (χ4v) is 11.3. The Kier molecular flexibility index (Phi) is 9.33. The normalized spacial score (nSPS) is 24.3. The highest BCUT2D eigenvalue weighted by atomic mass is 35.5. The lowest BCUT2D eigenvalue weighted by atomic mass is 9.84. The van der Waals surface area contributed by atoms with Crippen LogP contribution in [0.25, 0.3) is 5.00 Å². The summed E-state index contributed by atoms with van der Waals surface area (Å²) >= 11 is 7.98. The number of anilines is 1. The molecule has 1 N–H and O–H groups in total. The summed E-state index contributed by atoms with van der Waals surface area (Å²) in [7, 11) is 0. The number of piperidine rings is 3. The van der Waals surface area contributed by atoms with Crippen molar-refractivity contribution in [2.75, 3.05) is 37.6 Å². The van der Waals surface area contributed by atoms with Crippen LogP contribution >= 0.6 is 22.9 Å². The molecule has 2 bridgehead atoms. The van der Waals surface area contributed by atoms with Crippen molar-refractivity contribution >= 4 is 63.9 Å². The number of hydrogen-bond donors (Lipinski definition) is 1. The summed E-state index contributed by atoms with van der Waals surface area (Å²) in [5, 5.41) is 13.0. The number of halogens is 1. The van der Waals surface area contributed by atoms with Gasteiger partial charge in [-0.05, 0) is 88.3 Å². The average molecular weight is 834 g/mol. The van der Waals surface area contributed by atoms with E-state index in [-0.39, 0.29) is 25.2 Å². The summed E-state index contributed by atoms with van der Waals surface area (Å²) < 4.78 is 2.09. The lowest BCUT2D eigenvalue weighted by Gasteiger charge is -2.58. The molecule has 4 aromatic rings. The van der Waals surface area contributed by atoms with E-state index in [1.807, 2.05) is 42.2 Å². The minimum absolute atomic E-state index is 0.0734. The number of amides is 5. The van der Waals surface area contributed by atoms with Gasteiger partial charge in [0.15, 0.2) is 5.82 Å². The number of likely N-dealkylation sites (tertiary alicyclic amines) is 1. The number of carbonyl (C=O) groups is 5. The second-order valence-electron chi connectivity index (χ2n) is 16.8. The number of imide groups is 2. The number of fused-ring (bicyclic) bond motifs is 6. The van der Waals surface area contributed by atoms with Crippen LogP contribution in [0.15, 0.2) is 47.5 Å². The number of rotatable bonds is 7. The maximum Gasteiger partial charge on any atom is 0.262 e. The van der Waals surface area contributed by atoms with Crippen LogP contribution < -0.4 is 10.2 Å². The van der Waals surface area contributed by atoms with Gasteiger partial charge in [0.05, 0.1) is 23.3 Å². The Balaban J connectivity index is 0.775. The first-order valence-corrected chi connectivity index (χ1v) is 21.6. The van der Waals surface area contributed by atoms with Gasteiger partial charge in [-0.1, -0.05) is 23.7 Å². The van der Waals surface area contributed by atoms with E-state index in [0.717, 1.165) is 82.7 Å². The van der Waals surface area contributed by atoms with Crippen LogP contribution in [-0.2, 0) is 14.4 Å². The third-order valence-corrected chi connectivity index (χ3v) is 14.7. The van der Waals surface area contributed by atoms with Crippen molar-refractivity contribution in [2.45, 2.75) is 83.5 Å². The molecule has 11 rings (SSSR count). The van der Waals surface area contributed by atoms with Gasteiger partial charge < -0.3 is 9.80 Å². The zero-order valence-electron chi connectivity index (χ0n) is 33.1. The van der Waals surface area contributed by atoms with Gasteiger partial charge in [-0.15, -0.1) is 21.5 Å². The molecule has 7 aliphatic rings. The highest BCUT2D eigenvalue weighted by Gasteiger charge is 2.48. The maximum atomic E-state index is 14.1. The van der Waals surface area contributed by atoms with Gasteiger partial charge in [0, 0.05) is 77.9 Å². The Labute approximate surface area is 350 Å².